The predicted molar refractivity (Wildman–Crippen MR) is 117 cm³/mol. The Balaban J connectivity index is 1.34. The number of halogens is 2. The fourth-order valence-electron chi connectivity index (χ4n) is 4.30. The Morgan fingerprint density at radius 3 is 2.68 bits per heavy atom. The van der Waals surface area contributed by atoms with Crippen molar-refractivity contribution in [2.24, 2.45) is 5.92 Å². The molecule has 1 N–H and O–H groups in total. The van der Waals surface area contributed by atoms with E-state index in [4.69, 9.17) is 9.84 Å². The predicted octanol–water partition coefficient (Wildman–Crippen LogP) is 3.32. The minimum absolute atomic E-state index is 0.0528. The van der Waals surface area contributed by atoms with Gasteiger partial charge in [0.1, 0.15) is 0 Å². The van der Waals surface area contributed by atoms with E-state index < -0.39 is 17.7 Å². The topological polar surface area (TPSA) is 105 Å². The Bertz CT molecular complexity index is 1220. The summed E-state index contributed by atoms with van der Waals surface area (Å²) >= 11 is 0. The third-order valence-corrected chi connectivity index (χ3v) is 6.19. The average molecular weight is 468 g/mol. The minimum Gasteiger partial charge on any atom is -0.490 e. The molecule has 0 aliphatic carbocycles. The molecular formula is C23H22F2N6O3. The number of likely N-dealkylation sites (tertiary alicyclic amines) is 1. The lowest BCUT2D eigenvalue weighted by Gasteiger charge is -2.37. The first kappa shape index (κ1) is 21.9. The molecule has 1 fully saturated rings. The van der Waals surface area contributed by atoms with Gasteiger partial charge in [0, 0.05) is 73.9 Å². The molecule has 0 radical (unpaired) electrons. The molecular weight excluding hydrogens is 446 g/mol. The molecule has 0 spiro atoms. The highest BCUT2D eigenvalue weighted by molar-refractivity contribution is 5.66. The van der Waals surface area contributed by atoms with Crippen molar-refractivity contribution in [2.75, 3.05) is 31.1 Å². The zero-order valence-corrected chi connectivity index (χ0v) is 18.4. The van der Waals surface area contributed by atoms with Crippen molar-refractivity contribution in [2.45, 2.75) is 19.4 Å². The normalized spacial score (nSPS) is 17.8. The Hall–Kier alpha value is -3.89. The molecule has 2 aromatic heterocycles. The number of aromatic nitrogens is 4. The third kappa shape index (κ3) is 4.09. The molecule has 2 aliphatic heterocycles. The summed E-state index contributed by atoms with van der Waals surface area (Å²) in [4.78, 5) is 31.5. The van der Waals surface area contributed by atoms with Crippen molar-refractivity contribution in [3.8, 4) is 17.4 Å². The number of fused-ring (bicyclic) bond motifs is 1. The van der Waals surface area contributed by atoms with Crippen LogP contribution in [0.2, 0.25) is 0 Å². The van der Waals surface area contributed by atoms with Crippen molar-refractivity contribution in [3.05, 3.63) is 59.7 Å². The second-order valence-electron chi connectivity index (χ2n) is 8.39. The van der Waals surface area contributed by atoms with Gasteiger partial charge in [0.2, 0.25) is 5.82 Å². The number of carboxylic acid groups (broad SMARTS) is 1. The van der Waals surface area contributed by atoms with Gasteiger partial charge in [0.15, 0.2) is 23.2 Å². The summed E-state index contributed by atoms with van der Waals surface area (Å²) in [5.41, 5.74) is 2.25. The summed E-state index contributed by atoms with van der Waals surface area (Å²) in [5.74, 6) is -1.41. The van der Waals surface area contributed by atoms with Crippen LogP contribution in [0.3, 0.4) is 0 Å². The number of carbonyl (C=O) groups is 1. The van der Waals surface area contributed by atoms with Crippen LogP contribution in [0.25, 0.3) is 11.6 Å². The van der Waals surface area contributed by atoms with E-state index in [1.165, 1.54) is 11.0 Å². The van der Waals surface area contributed by atoms with Crippen LogP contribution < -0.4 is 9.64 Å². The van der Waals surface area contributed by atoms with E-state index in [2.05, 4.69) is 19.9 Å². The number of rotatable bonds is 5. The number of amides is 1. The van der Waals surface area contributed by atoms with E-state index in [1.807, 2.05) is 11.8 Å². The Kier molecular flexibility index (Phi) is 5.68. The molecule has 0 bridgehead atoms. The lowest BCUT2D eigenvalue weighted by molar-refractivity contribution is 0.0575. The van der Waals surface area contributed by atoms with Gasteiger partial charge < -0.3 is 19.6 Å². The molecule has 5 rings (SSSR count). The first-order valence-electron chi connectivity index (χ1n) is 10.9. The molecule has 1 aromatic carbocycles. The smallest absolute Gasteiger partial charge is 0.407 e. The molecule has 11 heteroatoms. The van der Waals surface area contributed by atoms with E-state index in [-0.39, 0.29) is 24.3 Å². The molecule has 3 aromatic rings. The van der Waals surface area contributed by atoms with E-state index in [9.17, 15) is 13.6 Å². The summed E-state index contributed by atoms with van der Waals surface area (Å²) in [5, 5.41) is 8.92. The van der Waals surface area contributed by atoms with Crippen LogP contribution in [0.4, 0.5) is 19.3 Å². The van der Waals surface area contributed by atoms with Gasteiger partial charge in [-0.15, -0.1) is 0 Å². The maximum atomic E-state index is 14.4. The van der Waals surface area contributed by atoms with Crippen LogP contribution in [0.1, 0.15) is 24.2 Å². The van der Waals surface area contributed by atoms with Crippen LogP contribution in [-0.4, -0.2) is 62.3 Å². The quantitative estimate of drug-likeness (QED) is 0.608. The van der Waals surface area contributed by atoms with Gasteiger partial charge in [-0.05, 0) is 13.0 Å². The van der Waals surface area contributed by atoms with Crippen molar-refractivity contribution >= 4 is 11.8 Å². The molecule has 4 heterocycles. The molecule has 176 valence electrons. The number of hydrogen-bond donors (Lipinski definition) is 1. The number of ether oxygens (including phenoxy) is 1. The zero-order valence-electron chi connectivity index (χ0n) is 18.4. The fraction of sp³-hybridized carbons (Fsp3) is 0.348. The SMILES string of the molecule is CC1c2cnc(-c3ncccn3)nc2CCN1c1cc(F)c(F)c(OCC2CN(C(=O)O)C2)c1. The van der Waals surface area contributed by atoms with E-state index >= 15 is 0 Å². The standard InChI is InChI=1S/C23H22F2N6O3/c1-13-16-9-28-22(21-26-4-2-5-27-21)29-18(16)3-6-31(13)15-7-17(24)20(25)19(8-15)34-12-14-10-30(11-14)23(32)33/h2,4-5,7-9,13-14H,3,6,10-12H2,1H3,(H,32,33). The van der Waals surface area contributed by atoms with Gasteiger partial charge in [0.05, 0.1) is 18.3 Å². The van der Waals surface area contributed by atoms with Crippen molar-refractivity contribution in [1.29, 1.82) is 0 Å². The molecule has 1 amide bonds. The van der Waals surface area contributed by atoms with Crippen LogP contribution >= 0.6 is 0 Å². The van der Waals surface area contributed by atoms with E-state index in [0.29, 0.717) is 43.4 Å². The monoisotopic (exact) mass is 468 g/mol. The number of nitrogens with zero attached hydrogens (tertiary/aromatic N) is 6. The van der Waals surface area contributed by atoms with Gasteiger partial charge in [-0.2, -0.15) is 4.39 Å². The van der Waals surface area contributed by atoms with E-state index in [0.717, 1.165) is 17.3 Å². The molecule has 1 unspecified atom stereocenters. The second-order valence-corrected chi connectivity index (χ2v) is 8.39. The molecule has 0 saturated carbocycles. The van der Waals surface area contributed by atoms with Crippen molar-refractivity contribution in [1.82, 2.24) is 24.8 Å². The Morgan fingerprint density at radius 2 is 1.94 bits per heavy atom. The van der Waals surface area contributed by atoms with Crippen LogP contribution in [0.15, 0.2) is 36.8 Å². The van der Waals surface area contributed by atoms with Gasteiger partial charge in [-0.25, -0.2) is 29.1 Å². The molecule has 34 heavy (non-hydrogen) atoms. The fourth-order valence-corrected chi connectivity index (χ4v) is 4.30. The lowest BCUT2D eigenvalue weighted by atomic mass is 9.98. The van der Waals surface area contributed by atoms with Gasteiger partial charge in [-0.3, -0.25) is 0 Å². The molecule has 1 atom stereocenters. The second kappa shape index (κ2) is 8.81. The van der Waals surface area contributed by atoms with Gasteiger partial charge >= 0.3 is 6.09 Å². The third-order valence-electron chi connectivity index (χ3n) is 6.19. The highest BCUT2D eigenvalue weighted by Crippen LogP contribution is 2.36. The minimum atomic E-state index is -1.06. The van der Waals surface area contributed by atoms with Crippen LogP contribution in [0.5, 0.6) is 5.75 Å². The zero-order chi connectivity index (χ0) is 23.8. The Labute approximate surface area is 194 Å². The highest BCUT2D eigenvalue weighted by atomic mass is 19.2. The van der Waals surface area contributed by atoms with Crippen molar-refractivity contribution in [3.63, 3.8) is 0 Å². The van der Waals surface area contributed by atoms with Crippen LogP contribution in [-0.2, 0) is 6.42 Å². The summed E-state index contributed by atoms with van der Waals surface area (Å²) in [7, 11) is 0. The Morgan fingerprint density at radius 1 is 1.18 bits per heavy atom. The van der Waals surface area contributed by atoms with Gasteiger partial charge in [0.25, 0.3) is 0 Å². The van der Waals surface area contributed by atoms with Crippen LogP contribution in [0, 0.1) is 17.6 Å². The largest absolute Gasteiger partial charge is 0.490 e. The summed E-state index contributed by atoms with van der Waals surface area (Å²) in [6, 6.07) is 4.19. The average Bonchev–Trinajstić information content (AvgIpc) is 2.81. The molecule has 2 aliphatic rings. The van der Waals surface area contributed by atoms with Gasteiger partial charge in [-0.1, -0.05) is 0 Å². The maximum Gasteiger partial charge on any atom is 0.407 e. The molecule has 9 nitrogen and oxygen atoms in total. The number of hydrogen-bond acceptors (Lipinski definition) is 7. The summed E-state index contributed by atoms with van der Waals surface area (Å²) in [6.07, 6.45) is 4.58. The molecule has 1 saturated heterocycles. The number of anilines is 1. The summed E-state index contributed by atoms with van der Waals surface area (Å²) < 4.78 is 34.4. The highest BCUT2D eigenvalue weighted by Gasteiger charge is 2.32. The number of benzene rings is 1. The summed E-state index contributed by atoms with van der Waals surface area (Å²) in [6.45, 7) is 3.24. The first-order valence-corrected chi connectivity index (χ1v) is 10.9. The maximum absolute atomic E-state index is 14.4. The lowest BCUT2D eigenvalue weighted by Crippen LogP contribution is -2.51. The van der Waals surface area contributed by atoms with Crippen molar-refractivity contribution < 1.29 is 23.4 Å². The van der Waals surface area contributed by atoms with E-state index in [1.54, 1.807) is 24.7 Å². The first-order chi connectivity index (χ1) is 16.4.